The Balaban J connectivity index is 1.13. The van der Waals surface area contributed by atoms with Crippen LogP contribution >= 0.6 is 23.4 Å². The first-order valence-corrected chi connectivity index (χ1v) is 22.6. The number of amides is 1. The van der Waals surface area contributed by atoms with E-state index in [1.54, 1.807) is 55.5 Å². The summed E-state index contributed by atoms with van der Waals surface area (Å²) in [5, 5.41) is 83.5. The highest BCUT2D eigenvalue weighted by Crippen LogP contribution is 2.47. The van der Waals surface area contributed by atoms with Crippen molar-refractivity contribution < 1.29 is 52.5 Å². The molecule has 9 rings (SSSR count). The topological polar surface area (TPSA) is 328 Å². The largest absolute Gasteiger partial charge is 0.505 e. The molecule has 69 heavy (non-hydrogen) atoms. The smallest absolute Gasteiger partial charge is 0.335 e. The molecular formula is C44H27N11O11S3. The number of aromatic nitrogens is 3. The second kappa shape index (κ2) is 18.6. The number of para-hydroxylation sites is 2. The number of hydrogen-bond acceptors (Lipinski definition) is 20. The molecule has 0 atom stereocenters. The number of nitriles is 1. The number of thiazole rings is 1. The SMILES string of the molecule is Cc1c(N=Nc2ccc3cc(SOOO)c(N=Nc4cc(NC(=O)c5ccccc5)c(N=Nc5nc6ccc(C(=O)O)cc6s5)cc4S(=O)(=O)O)c(O)c3c2)c(O)n2c(nc3ccccc32)c1C#N. The zero-order valence-corrected chi connectivity index (χ0v) is 37.2. The lowest BCUT2D eigenvalue weighted by atomic mass is 10.1. The fraction of sp³-hybridized carbons (Fsp3) is 0.0227. The highest BCUT2D eigenvalue weighted by Gasteiger charge is 2.24. The number of phenolic OH excluding ortho intramolecular Hbond substituents is 1. The number of aromatic hydroxyl groups is 2. The lowest BCUT2D eigenvalue weighted by molar-refractivity contribution is -0.432. The van der Waals surface area contributed by atoms with Gasteiger partial charge in [-0.3, -0.25) is 13.7 Å². The van der Waals surface area contributed by atoms with E-state index in [-0.39, 0.29) is 72.1 Å². The number of hydrogen-bond donors (Lipinski definition) is 6. The number of nitrogens with zero attached hydrogens (tertiary/aromatic N) is 10. The van der Waals surface area contributed by atoms with E-state index in [1.165, 1.54) is 52.9 Å². The molecule has 3 heterocycles. The molecule has 0 bridgehead atoms. The van der Waals surface area contributed by atoms with Crippen molar-refractivity contribution in [1.82, 2.24) is 14.4 Å². The minimum Gasteiger partial charge on any atom is -0.505 e. The summed E-state index contributed by atoms with van der Waals surface area (Å²) in [7, 11) is -5.15. The predicted molar refractivity (Wildman–Crippen MR) is 250 cm³/mol. The molecule has 6 N–H and O–H groups in total. The third-order valence-electron chi connectivity index (χ3n) is 10.3. The molecule has 342 valence electrons. The summed E-state index contributed by atoms with van der Waals surface area (Å²) >= 11 is 1.37. The van der Waals surface area contributed by atoms with Gasteiger partial charge in [-0.1, -0.05) is 52.8 Å². The third-order valence-corrected chi connectivity index (χ3v) is 12.7. The number of azo groups is 3. The molecule has 0 saturated carbocycles. The number of benzene rings is 6. The number of anilines is 1. The molecule has 0 aliphatic carbocycles. The van der Waals surface area contributed by atoms with Crippen molar-refractivity contribution >= 4 is 122 Å². The minimum absolute atomic E-state index is 0.00917. The van der Waals surface area contributed by atoms with Crippen LogP contribution < -0.4 is 5.32 Å². The van der Waals surface area contributed by atoms with Gasteiger partial charge in [-0.15, -0.1) is 29.9 Å². The van der Waals surface area contributed by atoms with Crippen LogP contribution in [0, 0.1) is 18.3 Å². The molecule has 1 amide bonds. The molecule has 0 radical (unpaired) electrons. The average Bonchev–Trinajstić information content (AvgIpc) is 3.94. The number of imidazole rings is 1. The number of pyridine rings is 1. The van der Waals surface area contributed by atoms with E-state index in [9.17, 15) is 43.1 Å². The lowest BCUT2D eigenvalue weighted by Crippen LogP contribution is -2.12. The van der Waals surface area contributed by atoms with Gasteiger partial charge in [0, 0.05) is 16.5 Å². The van der Waals surface area contributed by atoms with Crippen LogP contribution in [0.25, 0.3) is 37.7 Å². The second-order valence-corrected chi connectivity index (χ2v) is 17.6. The number of phenols is 1. The van der Waals surface area contributed by atoms with Gasteiger partial charge in [0.1, 0.15) is 33.6 Å². The van der Waals surface area contributed by atoms with Crippen LogP contribution in [0.2, 0.25) is 0 Å². The van der Waals surface area contributed by atoms with E-state index in [0.717, 1.165) is 23.5 Å². The number of carboxylic acids is 1. The van der Waals surface area contributed by atoms with E-state index in [1.807, 2.05) is 0 Å². The van der Waals surface area contributed by atoms with E-state index < -0.39 is 38.3 Å². The van der Waals surface area contributed by atoms with Crippen LogP contribution in [0.3, 0.4) is 0 Å². The van der Waals surface area contributed by atoms with Gasteiger partial charge in [-0.05, 0) is 85.1 Å². The van der Waals surface area contributed by atoms with Crippen LogP contribution in [0.15, 0.2) is 150 Å². The Kier molecular flexibility index (Phi) is 12.3. The highest BCUT2D eigenvalue weighted by atomic mass is 32.2. The number of aromatic carboxylic acids is 1. The van der Waals surface area contributed by atoms with E-state index in [0.29, 0.717) is 44.2 Å². The second-order valence-electron chi connectivity index (χ2n) is 14.5. The van der Waals surface area contributed by atoms with Crippen molar-refractivity contribution in [1.29, 1.82) is 5.26 Å². The molecule has 0 aliphatic rings. The molecule has 0 spiro atoms. The number of carbonyl (C=O) groups excluding carboxylic acids is 1. The summed E-state index contributed by atoms with van der Waals surface area (Å²) in [6, 6.07) is 29.1. The zero-order valence-electron chi connectivity index (χ0n) is 34.8. The highest BCUT2D eigenvalue weighted by molar-refractivity contribution is 7.94. The van der Waals surface area contributed by atoms with Gasteiger partial charge < -0.3 is 20.6 Å². The molecule has 6 aromatic carbocycles. The maximum atomic E-state index is 13.4. The van der Waals surface area contributed by atoms with Crippen molar-refractivity contribution in [2.75, 3.05) is 5.32 Å². The first kappa shape index (κ1) is 45.5. The average molecular weight is 982 g/mol. The Morgan fingerprint density at radius 3 is 2.33 bits per heavy atom. The molecule has 0 fully saturated rings. The predicted octanol–water partition coefficient (Wildman–Crippen LogP) is 11.7. The van der Waals surface area contributed by atoms with Gasteiger partial charge in [0.05, 0.1) is 55.1 Å². The zero-order chi connectivity index (χ0) is 48.6. The number of carbonyl (C=O) groups is 2. The summed E-state index contributed by atoms with van der Waals surface area (Å²) in [5.74, 6) is -2.72. The monoisotopic (exact) mass is 981 g/mol. The number of nitrogens with one attached hydrogen (secondary N) is 1. The van der Waals surface area contributed by atoms with Gasteiger partial charge in [-0.2, -0.15) is 18.8 Å². The van der Waals surface area contributed by atoms with Crippen molar-refractivity contribution in [3.63, 3.8) is 0 Å². The molecule has 9 aromatic rings. The van der Waals surface area contributed by atoms with E-state index >= 15 is 0 Å². The quantitative estimate of drug-likeness (QED) is 0.0206. The number of fused-ring (bicyclic) bond motifs is 5. The standard InChI is InChI=1S/C44H27N11O11S3/c1-21-27(20-45)40-46-28-9-5-6-10-33(28)55(40)42(58)37(21)52-49-25-13-11-23-15-35(68-66-65-61)38(39(56)26(23)17-25)53-51-32-18-30(47-41(57)22-7-3-2-4-8-22)31(19-36(32)69(62,63)64)50-54-44-48-29-14-12-24(43(59)60)16-34(29)67-44/h2-19,56,58,61H,1H3,(H,47,57)(H,59,60)(H,62,63,64). The van der Waals surface area contributed by atoms with Crippen LogP contribution in [0.4, 0.5) is 39.3 Å². The van der Waals surface area contributed by atoms with Gasteiger partial charge in [0.15, 0.2) is 17.1 Å². The normalized spacial score (nSPS) is 12.1. The van der Waals surface area contributed by atoms with Crippen molar-refractivity contribution in [2.45, 2.75) is 16.7 Å². The van der Waals surface area contributed by atoms with E-state index in [4.69, 9.17) is 5.26 Å². The van der Waals surface area contributed by atoms with Crippen molar-refractivity contribution in [3.8, 4) is 17.7 Å². The summed E-state index contributed by atoms with van der Waals surface area (Å²) in [6.45, 7) is 1.59. The van der Waals surface area contributed by atoms with Gasteiger partial charge in [0.25, 0.3) is 16.0 Å². The first-order valence-electron chi connectivity index (χ1n) is 19.6. The Labute approximate surface area is 394 Å². The lowest BCUT2D eigenvalue weighted by Gasteiger charge is -2.12. The van der Waals surface area contributed by atoms with E-state index in [2.05, 4.69) is 61.4 Å². The van der Waals surface area contributed by atoms with Crippen LogP contribution in [0.1, 0.15) is 31.8 Å². The first-order chi connectivity index (χ1) is 33.2. The van der Waals surface area contributed by atoms with Crippen molar-refractivity contribution in [3.05, 3.63) is 131 Å². The van der Waals surface area contributed by atoms with Crippen LogP contribution in [-0.2, 0) is 19.5 Å². The molecule has 0 saturated heterocycles. The van der Waals surface area contributed by atoms with Crippen molar-refractivity contribution in [2.24, 2.45) is 30.7 Å². The Morgan fingerprint density at radius 2 is 1.58 bits per heavy atom. The van der Waals surface area contributed by atoms with Crippen LogP contribution in [-0.4, -0.2) is 59.8 Å². The summed E-state index contributed by atoms with van der Waals surface area (Å²) in [4.78, 5) is 32.9. The Bertz CT molecular complexity index is 3850. The van der Waals surface area contributed by atoms with Crippen LogP contribution in [0.5, 0.6) is 11.6 Å². The maximum Gasteiger partial charge on any atom is 0.335 e. The minimum atomic E-state index is -5.15. The molecule has 22 nitrogen and oxygen atoms in total. The molecule has 0 unspecified atom stereocenters. The van der Waals surface area contributed by atoms with Gasteiger partial charge in [-0.25, -0.2) is 20.0 Å². The molecule has 3 aromatic heterocycles. The Hall–Kier alpha value is -8.61. The van der Waals surface area contributed by atoms with Gasteiger partial charge in [0.2, 0.25) is 11.0 Å². The van der Waals surface area contributed by atoms with Gasteiger partial charge >= 0.3 is 5.97 Å². The fourth-order valence-corrected chi connectivity index (χ4v) is 8.98. The summed E-state index contributed by atoms with van der Waals surface area (Å²) in [6.07, 6.45) is 0. The summed E-state index contributed by atoms with van der Waals surface area (Å²) < 4.78 is 42.9. The molecule has 25 heteroatoms. The number of carboxylic acid groups (broad SMARTS) is 1. The number of rotatable bonds is 13. The summed E-state index contributed by atoms with van der Waals surface area (Å²) in [5.41, 5.74) is 1.10. The Morgan fingerprint density at radius 1 is 0.826 bits per heavy atom. The third kappa shape index (κ3) is 9.00. The molecular weight excluding hydrogens is 955 g/mol. The fourth-order valence-electron chi connectivity index (χ4n) is 7.03. The molecule has 0 aliphatic heterocycles. The maximum absolute atomic E-state index is 13.4.